The zero-order valence-corrected chi connectivity index (χ0v) is 16.7. The first-order valence-electron chi connectivity index (χ1n) is 8.53. The average molecular weight is 408 g/mol. The largest absolute Gasteiger partial charge is 0.342 e. The molecule has 0 bridgehead atoms. The van der Waals surface area contributed by atoms with E-state index in [0.717, 1.165) is 47.3 Å². The first kappa shape index (κ1) is 17.9. The Hall–Kier alpha value is -1.47. The molecule has 136 valence electrons. The SMILES string of the molecule is CNC1CCN(c2ncc(Sc3cccc(Cl)c3Cl)c3nccn23)CC1. The molecule has 0 amide bonds. The minimum atomic E-state index is 0.549. The van der Waals surface area contributed by atoms with E-state index in [1.807, 2.05) is 37.8 Å². The Morgan fingerprint density at radius 3 is 2.73 bits per heavy atom. The van der Waals surface area contributed by atoms with Crippen LogP contribution >= 0.6 is 35.0 Å². The second kappa shape index (κ2) is 7.64. The van der Waals surface area contributed by atoms with E-state index in [2.05, 4.69) is 19.6 Å². The number of benzene rings is 1. The highest BCUT2D eigenvalue weighted by atomic mass is 35.5. The van der Waals surface area contributed by atoms with Crippen molar-refractivity contribution in [2.24, 2.45) is 0 Å². The summed E-state index contributed by atoms with van der Waals surface area (Å²) in [5.41, 5.74) is 0.881. The Bertz CT molecular complexity index is 921. The fourth-order valence-corrected chi connectivity index (χ4v) is 4.64. The van der Waals surface area contributed by atoms with Crippen LogP contribution < -0.4 is 10.2 Å². The molecule has 0 aliphatic carbocycles. The van der Waals surface area contributed by atoms with E-state index in [-0.39, 0.29) is 0 Å². The van der Waals surface area contributed by atoms with Crippen LogP contribution in [0.4, 0.5) is 5.95 Å². The molecule has 1 fully saturated rings. The van der Waals surface area contributed by atoms with Crippen LogP contribution in [0.5, 0.6) is 0 Å². The fraction of sp³-hybridized carbons (Fsp3) is 0.333. The number of hydrogen-bond donors (Lipinski definition) is 1. The molecule has 1 aromatic carbocycles. The van der Waals surface area contributed by atoms with E-state index in [1.165, 1.54) is 11.8 Å². The van der Waals surface area contributed by atoms with Crippen molar-refractivity contribution in [3.63, 3.8) is 0 Å². The fourth-order valence-electron chi connectivity index (χ4n) is 3.24. The maximum absolute atomic E-state index is 6.33. The first-order valence-corrected chi connectivity index (χ1v) is 10.1. The van der Waals surface area contributed by atoms with E-state index in [0.29, 0.717) is 16.1 Å². The maximum Gasteiger partial charge on any atom is 0.211 e. The Morgan fingerprint density at radius 1 is 1.15 bits per heavy atom. The number of nitrogens with one attached hydrogen (secondary N) is 1. The van der Waals surface area contributed by atoms with Crippen LogP contribution in [0, 0.1) is 0 Å². The highest BCUT2D eigenvalue weighted by Gasteiger charge is 2.22. The van der Waals surface area contributed by atoms with Crippen LogP contribution in [0.15, 0.2) is 46.6 Å². The molecule has 5 nitrogen and oxygen atoms in total. The minimum Gasteiger partial charge on any atom is -0.342 e. The standard InChI is InChI=1S/C18H19Cl2N5S/c1-21-12-5-8-24(9-6-12)18-23-11-15(17-22-7-10-25(17)18)26-14-4-2-3-13(19)16(14)20/h2-4,7,10-12,21H,5-6,8-9H2,1H3. The minimum absolute atomic E-state index is 0.549. The molecule has 26 heavy (non-hydrogen) atoms. The van der Waals surface area contributed by atoms with Gasteiger partial charge in [-0.05, 0) is 32.0 Å². The zero-order chi connectivity index (χ0) is 18.1. The summed E-state index contributed by atoms with van der Waals surface area (Å²) in [5, 5.41) is 4.47. The molecule has 8 heteroatoms. The molecular formula is C18H19Cl2N5S. The Balaban J connectivity index is 1.65. The molecule has 4 rings (SSSR count). The zero-order valence-electron chi connectivity index (χ0n) is 14.3. The molecular weight excluding hydrogens is 389 g/mol. The van der Waals surface area contributed by atoms with Gasteiger partial charge in [0, 0.05) is 42.6 Å². The quantitative estimate of drug-likeness (QED) is 0.695. The summed E-state index contributed by atoms with van der Waals surface area (Å²) in [6.45, 7) is 1.97. The smallest absolute Gasteiger partial charge is 0.211 e. The van der Waals surface area contributed by atoms with Crippen molar-refractivity contribution in [3.8, 4) is 0 Å². The van der Waals surface area contributed by atoms with Crippen LogP contribution in [0.1, 0.15) is 12.8 Å². The van der Waals surface area contributed by atoms with Crippen molar-refractivity contribution in [3.05, 3.63) is 46.8 Å². The third-order valence-electron chi connectivity index (χ3n) is 4.70. The van der Waals surface area contributed by atoms with Gasteiger partial charge in [0.2, 0.25) is 5.95 Å². The number of rotatable bonds is 4. The molecule has 0 saturated carbocycles. The lowest BCUT2D eigenvalue weighted by molar-refractivity contribution is 0.438. The molecule has 0 radical (unpaired) electrons. The highest BCUT2D eigenvalue weighted by Crippen LogP contribution is 2.38. The monoisotopic (exact) mass is 407 g/mol. The van der Waals surface area contributed by atoms with Gasteiger partial charge in [0.1, 0.15) is 0 Å². The van der Waals surface area contributed by atoms with E-state index in [9.17, 15) is 0 Å². The van der Waals surface area contributed by atoms with Crippen LogP contribution in [0.2, 0.25) is 10.0 Å². The van der Waals surface area contributed by atoms with E-state index in [1.54, 1.807) is 6.07 Å². The van der Waals surface area contributed by atoms with Gasteiger partial charge < -0.3 is 10.2 Å². The van der Waals surface area contributed by atoms with Crippen LogP contribution in [-0.4, -0.2) is 40.5 Å². The summed E-state index contributed by atoms with van der Waals surface area (Å²) in [6.07, 6.45) is 7.88. The molecule has 3 heterocycles. The number of halogens is 2. The summed E-state index contributed by atoms with van der Waals surface area (Å²) < 4.78 is 2.06. The van der Waals surface area contributed by atoms with Gasteiger partial charge in [0.15, 0.2) is 5.65 Å². The van der Waals surface area contributed by atoms with Crippen molar-refractivity contribution < 1.29 is 0 Å². The lowest BCUT2D eigenvalue weighted by Crippen LogP contribution is -2.42. The molecule has 0 atom stereocenters. The Kier molecular flexibility index (Phi) is 5.27. The molecule has 3 aromatic rings. The van der Waals surface area contributed by atoms with Crippen molar-refractivity contribution in [1.82, 2.24) is 19.7 Å². The van der Waals surface area contributed by atoms with Gasteiger partial charge >= 0.3 is 0 Å². The van der Waals surface area contributed by atoms with Gasteiger partial charge in [-0.2, -0.15) is 0 Å². The summed E-state index contributed by atoms with van der Waals surface area (Å²) >= 11 is 14.0. The Morgan fingerprint density at radius 2 is 1.96 bits per heavy atom. The number of nitrogens with zero attached hydrogens (tertiary/aromatic N) is 4. The number of imidazole rings is 1. The van der Waals surface area contributed by atoms with E-state index in [4.69, 9.17) is 28.2 Å². The van der Waals surface area contributed by atoms with Gasteiger partial charge in [-0.1, -0.05) is 41.0 Å². The number of hydrogen-bond acceptors (Lipinski definition) is 5. The normalized spacial score (nSPS) is 15.7. The number of piperidine rings is 1. The molecule has 1 N–H and O–H groups in total. The van der Waals surface area contributed by atoms with Gasteiger partial charge in [-0.3, -0.25) is 4.40 Å². The number of fused-ring (bicyclic) bond motifs is 1. The summed E-state index contributed by atoms with van der Waals surface area (Å²) in [4.78, 5) is 13.4. The van der Waals surface area contributed by atoms with Crippen molar-refractivity contribution >= 4 is 46.6 Å². The molecule has 0 unspecified atom stereocenters. The molecule has 2 aromatic heterocycles. The lowest BCUT2D eigenvalue weighted by atomic mass is 10.1. The number of aromatic nitrogens is 3. The second-order valence-electron chi connectivity index (χ2n) is 6.25. The van der Waals surface area contributed by atoms with Gasteiger partial charge in [-0.15, -0.1) is 0 Å². The number of anilines is 1. The van der Waals surface area contributed by atoms with Crippen molar-refractivity contribution in [1.29, 1.82) is 0 Å². The predicted molar refractivity (Wildman–Crippen MR) is 108 cm³/mol. The van der Waals surface area contributed by atoms with Gasteiger partial charge in [0.05, 0.1) is 14.9 Å². The van der Waals surface area contributed by atoms with Crippen LogP contribution in [0.25, 0.3) is 5.65 Å². The van der Waals surface area contributed by atoms with E-state index < -0.39 is 0 Å². The van der Waals surface area contributed by atoms with Crippen LogP contribution in [0.3, 0.4) is 0 Å². The average Bonchev–Trinajstić information content (AvgIpc) is 3.16. The third-order valence-corrected chi connectivity index (χ3v) is 6.69. The summed E-state index contributed by atoms with van der Waals surface area (Å²) in [7, 11) is 2.03. The molecule has 0 spiro atoms. The third kappa shape index (κ3) is 3.39. The van der Waals surface area contributed by atoms with Crippen molar-refractivity contribution in [2.45, 2.75) is 28.7 Å². The van der Waals surface area contributed by atoms with E-state index >= 15 is 0 Å². The van der Waals surface area contributed by atoms with Crippen molar-refractivity contribution in [2.75, 3.05) is 25.0 Å². The maximum atomic E-state index is 6.33. The predicted octanol–water partition coefficient (Wildman–Crippen LogP) is 4.38. The summed E-state index contributed by atoms with van der Waals surface area (Å²) in [5.74, 6) is 0.939. The van der Waals surface area contributed by atoms with Crippen LogP contribution in [-0.2, 0) is 0 Å². The van der Waals surface area contributed by atoms with Gasteiger partial charge in [-0.25, -0.2) is 9.97 Å². The second-order valence-corrected chi connectivity index (χ2v) is 8.12. The lowest BCUT2D eigenvalue weighted by Gasteiger charge is -2.32. The highest BCUT2D eigenvalue weighted by molar-refractivity contribution is 7.99. The molecule has 1 saturated heterocycles. The van der Waals surface area contributed by atoms with Gasteiger partial charge in [0.25, 0.3) is 0 Å². The molecule has 1 aliphatic rings. The molecule has 1 aliphatic heterocycles. The summed E-state index contributed by atoms with van der Waals surface area (Å²) in [6, 6.07) is 6.22. The topological polar surface area (TPSA) is 45.5 Å². The first-order chi connectivity index (χ1) is 12.7. The Labute approximate surface area is 166 Å².